The smallest absolute Gasteiger partial charge is 0.418 e. The minimum atomic E-state index is -4.86. The number of urea groups is 1. The molecule has 0 aliphatic carbocycles. The van der Waals surface area contributed by atoms with E-state index in [1.165, 1.54) is 9.80 Å². The van der Waals surface area contributed by atoms with Crippen LogP contribution in [0.5, 0.6) is 0 Å². The summed E-state index contributed by atoms with van der Waals surface area (Å²) >= 11 is 0. The number of hydroxylamine groups is 3. The van der Waals surface area contributed by atoms with Crippen molar-refractivity contribution in [3.05, 3.63) is 55.3 Å². The molecule has 16 heteroatoms. The van der Waals surface area contributed by atoms with Crippen molar-refractivity contribution in [2.24, 2.45) is 0 Å². The van der Waals surface area contributed by atoms with E-state index in [1.807, 2.05) is 18.2 Å². The highest BCUT2D eigenvalue weighted by atomic mass is 32.3. The van der Waals surface area contributed by atoms with E-state index >= 15 is 0 Å². The lowest BCUT2D eigenvalue weighted by Crippen LogP contribution is -2.50. The lowest BCUT2D eigenvalue weighted by Gasteiger charge is -2.29. The van der Waals surface area contributed by atoms with Gasteiger partial charge in [0, 0.05) is 50.6 Å². The molecule has 2 bridgehead atoms. The molecule has 15 nitrogen and oxygen atoms in total. The summed E-state index contributed by atoms with van der Waals surface area (Å²) in [4.78, 5) is 50.4. The largest absolute Gasteiger partial charge is 0.443 e. The summed E-state index contributed by atoms with van der Waals surface area (Å²) in [6.07, 6.45) is 10.4. The van der Waals surface area contributed by atoms with Crippen LogP contribution in [-0.4, -0.2) is 99.7 Å². The molecule has 220 valence electrons. The van der Waals surface area contributed by atoms with Crippen LogP contribution in [0.1, 0.15) is 33.6 Å². The molecular weight excluding hydrogens is 548 g/mol. The molecule has 2 saturated heterocycles. The SMILES string of the molecule is CC(C)(C)OC(=O)N1C=CN(CCONC(=O)[C@@H]2CC[C@@H]3CN2C(=O)N3OS(=O)(=O)O)C=CC1.c1ccncc1. The van der Waals surface area contributed by atoms with E-state index < -0.39 is 46.1 Å². The molecule has 2 N–H and O–H groups in total. The average Bonchev–Trinajstić information content (AvgIpc) is 3.05. The van der Waals surface area contributed by atoms with Crippen molar-refractivity contribution in [1.29, 1.82) is 0 Å². The summed E-state index contributed by atoms with van der Waals surface area (Å²) in [6, 6.07) is 3.45. The quantitative estimate of drug-likeness (QED) is 0.272. The fourth-order valence-electron chi connectivity index (χ4n) is 3.94. The number of pyridine rings is 1. The van der Waals surface area contributed by atoms with Crippen molar-refractivity contribution in [3.8, 4) is 0 Å². The molecule has 0 unspecified atom stereocenters. The Morgan fingerprint density at radius 3 is 2.45 bits per heavy atom. The van der Waals surface area contributed by atoms with E-state index in [0.717, 1.165) is 0 Å². The highest BCUT2D eigenvalue weighted by Crippen LogP contribution is 2.30. The van der Waals surface area contributed by atoms with Crippen LogP contribution in [0.4, 0.5) is 9.59 Å². The first-order valence-electron chi connectivity index (χ1n) is 12.5. The van der Waals surface area contributed by atoms with Crippen LogP contribution >= 0.6 is 0 Å². The number of amides is 4. The van der Waals surface area contributed by atoms with Crippen LogP contribution in [0.15, 0.2) is 55.3 Å². The van der Waals surface area contributed by atoms with Crippen molar-refractivity contribution >= 4 is 28.4 Å². The van der Waals surface area contributed by atoms with Gasteiger partial charge in [-0.1, -0.05) is 6.07 Å². The number of hydrogen-bond acceptors (Lipinski definition) is 10. The fourth-order valence-corrected chi connectivity index (χ4v) is 4.32. The number of carbonyl (C=O) groups is 3. The summed E-state index contributed by atoms with van der Waals surface area (Å²) in [5.74, 6) is -0.557. The van der Waals surface area contributed by atoms with E-state index in [4.69, 9.17) is 14.1 Å². The number of fused-ring (bicyclic) bond motifs is 2. The summed E-state index contributed by atoms with van der Waals surface area (Å²) in [6.45, 7) is 6.25. The molecule has 1 aromatic rings. The van der Waals surface area contributed by atoms with Gasteiger partial charge >= 0.3 is 22.5 Å². The Bertz CT molecular complexity index is 1160. The van der Waals surface area contributed by atoms with Gasteiger partial charge in [-0.3, -0.25) is 24.1 Å². The Labute approximate surface area is 232 Å². The second kappa shape index (κ2) is 13.6. The number of nitrogens with zero attached hydrogens (tertiary/aromatic N) is 5. The van der Waals surface area contributed by atoms with E-state index in [-0.39, 0.29) is 19.6 Å². The Morgan fingerprint density at radius 1 is 1.12 bits per heavy atom. The second-order valence-electron chi connectivity index (χ2n) is 9.90. The Balaban J connectivity index is 0.000000649. The molecule has 0 spiro atoms. The first kappa shape index (κ1) is 30.8. The first-order valence-corrected chi connectivity index (χ1v) is 13.8. The van der Waals surface area contributed by atoms with Gasteiger partial charge in [-0.25, -0.2) is 15.1 Å². The molecule has 40 heavy (non-hydrogen) atoms. The predicted molar refractivity (Wildman–Crippen MR) is 140 cm³/mol. The number of rotatable bonds is 7. The molecule has 0 radical (unpaired) electrons. The number of nitrogens with one attached hydrogen (secondary N) is 1. The topological polar surface area (TPSA) is 171 Å². The van der Waals surface area contributed by atoms with Gasteiger partial charge in [-0.15, -0.1) is 4.28 Å². The predicted octanol–water partition coefficient (Wildman–Crippen LogP) is 1.66. The fraction of sp³-hybridized carbons (Fsp3) is 0.500. The third-order valence-corrected chi connectivity index (χ3v) is 6.00. The zero-order chi connectivity index (χ0) is 29.3. The van der Waals surface area contributed by atoms with Gasteiger partial charge in [0.15, 0.2) is 0 Å². The number of piperidine rings is 1. The lowest BCUT2D eigenvalue weighted by molar-refractivity contribution is -0.139. The number of ether oxygens (including phenoxy) is 1. The normalized spacial score (nSPS) is 20.6. The average molecular weight is 583 g/mol. The minimum Gasteiger partial charge on any atom is -0.443 e. The second-order valence-corrected chi connectivity index (χ2v) is 10.9. The van der Waals surface area contributed by atoms with Crippen molar-refractivity contribution in [2.75, 3.05) is 26.2 Å². The molecule has 4 heterocycles. The van der Waals surface area contributed by atoms with E-state index in [2.05, 4.69) is 14.7 Å². The zero-order valence-electron chi connectivity index (χ0n) is 22.5. The Morgan fingerprint density at radius 2 is 1.85 bits per heavy atom. The molecule has 3 aliphatic heterocycles. The highest BCUT2D eigenvalue weighted by molar-refractivity contribution is 7.80. The zero-order valence-corrected chi connectivity index (χ0v) is 23.3. The van der Waals surface area contributed by atoms with Gasteiger partial charge in [0.1, 0.15) is 11.6 Å². The maximum Gasteiger partial charge on any atom is 0.418 e. The first-order chi connectivity index (χ1) is 18.8. The maximum atomic E-state index is 12.5. The van der Waals surface area contributed by atoms with Gasteiger partial charge in [-0.05, 0) is 51.8 Å². The molecule has 1 aromatic heterocycles. The lowest BCUT2D eigenvalue weighted by atomic mass is 10.0. The summed E-state index contributed by atoms with van der Waals surface area (Å²) in [5, 5.41) is 0.571. The van der Waals surface area contributed by atoms with Crippen molar-refractivity contribution < 1.29 is 41.2 Å². The van der Waals surface area contributed by atoms with Crippen LogP contribution in [0, 0.1) is 0 Å². The summed E-state index contributed by atoms with van der Waals surface area (Å²) in [5.41, 5.74) is 1.70. The molecule has 4 rings (SSSR count). The Kier molecular flexibility index (Phi) is 10.4. The van der Waals surface area contributed by atoms with Crippen molar-refractivity contribution in [1.82, 2.24) is 30.2 Å². The van der Waals surface area contributed by atoms with Crippen LogP contribution in [0.2, 0.25) is 0 Å². The standard InChI is InChI=1S/C19H29N5O9S.C5H5N/c1-19(2,3)32-18(27)22-8-4-7-21(9-10-22)11-12-31-20-16(25)15-6-5-14-13-23(15)17(26)24(14)33-34(28,29)30;1-2-4-6-5-3-1/h4,7,9-10,14-15H,5-6,8,11-13H2,1-3H3,(H,20,25)(H,28,29,30);1-5H/t14-,15+;/m1./s1. The van der Waals surface area contributed by atoms with Crippen molar-refractivity contribution in [2.45, 2.75) is 51.3 Å². The van der Waals surface area contributed by atoms with Crippen LogP contribution in [0.25, 0.3) is 0 Å². The highest BCUT2D eigenvalue weighted by Gasteiger charge is 2.49. The summed E-state index contributed by atoms with van der Waals surface area (Å²) in [7, 11) is -4.86. The molecule has 2 atom stereocenters. The van der Waals surface area contributed by atoms with E-state index in [1.54, 1.807) is 62.7 Å². The van der Waals surface area contributed by atoms with E-state index in [0.29, 0.717) is 24.6 Å². The number of aromatic nitrogens is 1. The number of carbonyl (C=O) groups excluding carboxylic acids is 3. The molecule has 4 amide bonds. The monoisotopic (exact) mass is 582 g/mol. The molecule has 0 aromatic carbocycles. The van der Waals surface area contributed by atoms with Gasteiger partial charge in [0.2, 0.25) is 0 Å². The van der Waals surface area contributed by atoms with Gasteiger partial charge in [0.25, 0.3) is 5.91 Å². The van der Waals surface area contributed by atoms with Gasteiger partial charge < -0.3 is 14.5 Å². The maximum absolute atomic E-state index is 12.5. The van der Waals surface area contributed by atoms with Crippen LogP contribution in [0.3, 0.4) is 0 Å². The minimum absolute atomic E-state index is 0.0873. The Hall–Kier alpha value is -3.73. The van der Waals surface area contributed by atoms with Crippen LogP contribution in [-0.2, 0) is 29.1 Å². The van der Waals surface area contributed by atoms with Crippen LogP contribution < -0.4 is 5.48 Å². The number of hydrogen-bond donors (Lipinski definition) is 2. The van der Waals surface area contributed by atoms with Crippen molar-refractivity contribution in [3.63, 3.8) is 0 Å². The molecule has 0 saturated carbocycles. The molecular formula is C24H34N6O9S. The summed E-state index contributed by atoms with van der Waals surface area (Å²) < 4.78 is 40.4. The van der Waals surface area contributed by atoms with Gasteiger partial charge in [-0.2, -0.15) is 13.5 Å². The van der Waals surface area contributed by atoms with Gasteiger partial charge in [0.05, 0.1) is 12.6 Å². The third kappa shape index (κ3) is 9.48. The van der Waals surface area contributed by atoms with E-state index in [9.17, 15) is 22.8 Å². The third-order valence-electron chi connectivity index (χ3n) is 5.66. The molecule has 3 aliphatic rings. The molecule has 2 fully saturated rings.